The summed E-state index contributed by atoms with van der Waals surface area (Å²) in [7, 11) is 4.33. The molecule has 118 valence electrons. The van der Waals surface area contributed by atoms with E-state index in [0.717, 1.165) is 18.9 Å². The van der Waals surface area contributed by atoms with Gasteiger partial charge < -0.3 is 10.2 Å². The van der Waals surface area contributed by atoms with Crippen molar-refractivity contribution in [1.82, 2.24) is 15.2 Å². The Morgan fingerprint density at radius 1 is 1.24 bits per heavy atom. The van der Waals surface area contributed by atoms with Gasteiger partial charge in [0.1, 0.15) is 5.82 Å². The molecule has 1 unspecified atom stereocenters. The van der Waals surface area contributed by atoms with Gasteiger partial charge in [-0.25, -0.2) is 4.98 Å². The van der Waals surface area contributed by atoms with Crippen LogP contribution in [0.5, 0.6) is 0 Å². The van der Waals surface area contributed by atoms with Gasteiger partial charge >= 0.3 is 0 Å². The molecule has 1 N–H and O–H groups in total. The fourth-order valence-electron chi connectivity index (χ4n) is 2.84. The Morgan fingerprint density at radius 3 is 2.71 bits per heavy atom. The van der Waals surface area contributed by atoms with Crippen LogP contribution in [-0.4, -0.2) is 49.2 Å². The largest absolute Gasteiger partial charge is 0.357 e. The van der Waals surface area contributed by atoms with E-state index in [1.807, 2.05) is 6.20 Å². The number of hydrogen-bond acceptors (Lipinski definition) is 4. The van der Waals surface area contributed by atoms with Crippen molar-refractivity contribution in [1.29, 1.82) is 0 Å². The van der Waals surface area contributed by atoms with Gasteiger partial charge in [0.2, 0.25) is 0 Å². The molecule has 1 saturated heterocycles. The zero-order valence-corrected chi connectivity index (χ0v) is 14.0. The summed E-state index contributed by atoms with van der Waals surface area (Å²) in [5.74, 6) is 1.05. The molecule has 4 nitrogen and oxygen atoms in total. The van der Waals surface area contributed by atoms with Crippen molar-refractivity contribution >= 4 is 5.82 Å². The van der Waals surface area contributed by atoms with Gasteiger partial charge in [0.15, 0.2) is 0 Å². The SMILES string of the molecule is CC(C)N(C)c1ccc(CN(C)C2CCCNCC2)cn1. The molecule has 0 aromatic carbocycles. The van der Waals surface area contributed by atoms with Crippen LogP contribution in [0, 0.1) is 0 Å². The van der Waals surface area contributed by atoms with E-state index in [2.05, 4.69) is 60.2 Å². The Bertz CT molecular complexity index is 407. The second-order valence-electron chi connectivity index (χ2n) is 6.48. The molecule has 1 aromatic heterocycles. The van der Waals surface area contributed by atoms with Gasteiger partial charge in [-0.1, -0.05) is 6.07 Å². The van der Waals surface area contributed by atoms with Gasteiger partial charge in [-0.05, 0) is 64.9 Å². The van der Waals surface area contributed by atoms with Crippen molar-refractivity contribution in [3.8, 4) is 0 Å². The lowest BCUT2D eigenvalue weighted by atomic mass is 10.1. The van der Waals surface area contributed by atoms with Crippen LogP contribution in [0.15, 0.2) is 18.3 Å². The molecule has 0 amide bonds. The summed E-state index contributed by atoms with van der Waals surface area (Å²) < 4.78 is 0. The predicted molar refractivity (Wildman–Crippen MR) is 89.8 cm³/mol. The van der Waals surface area contributed by atoms with E-state index in [1.54, 1.807) is 0 Å². The van der Waals surface area contributed by atoms with Crippen molar-refractivity contribution in [2.45, 2.75) is 51.7 Å². The van der Waals surface area contributed by atoms with Crippen LogP contribution in [0.1, 0.15) is 38.7 Å². The number of nitrogens with one attached hydrogen (secondary N) is 1. The summed E-state index contributed by atoms with van der Waals surface area (Å²) in [6.45, 7) is 7.67. The highest BCUT2D eigenvalue weighted by Crippen LogP contribution is 2.17. The maximum absolute atomic E-state index is 4.60. The number of rotatable bonds is 5. The Balaban J connectivity index is 1.93. The van der Waals surface area contributed by atoms with Crippen LogP contribution in [0.25, 0.3) is 0 Å². The standard InChI is InChI=1S/C17H30N4/c1-14(2)21(4)17-8-7-15(12-19-17)13-20(3)16-6-5-10-18-11-9-16/h7-8,12,14,16,18H,5-6,9-11,13H2,1-4H3. The first-order valence-corrected chi connectivity index (χ1v) is 8.16. The zero-order chi connectivity index (χ0) is 15.2. The first kappa shape index (κ1) is 16.2. The highest BCUT2D eigenvalue weighted by atomic mass is 15.2. The van der Waals surface area contributed by atoms with Crippen molar-refractivity contribution < 1.29 is 0 Å². The summed E-state index contributed by atoms with van der Waals surface area (Å²) >= 11 is 0. The molecule has 0 bridgehead atoms. The Hall–Kier alpha value is -1.13. The van der Waals surface area contributed by atoms with Crippen LogP contribution in [0.3, 0.4) is 0 Å². The van der Waals surface area contributed by atoms with Gasteiger partial charge in [-0.2, -0.15) is 0 Å². The zero-order valence-electron chi connectivity index (χ0n) is 14.0. The number of hydrogen-bond donors (Lipinski definition) is 1. The maximum atomic E-state index is 4.60. The first-order chi connectivity index (χ1) is 10.1. The minimum atomic E-state index is 0.476. The van der Waals surface area contributed by atoms with Gasteiger partial charge in [0.05, 0.1) is 0 Å². The van der Waals surface area contributed by atoms with Gasteiger partial charge in [-0.3, -0.25) is 4.90 Å². The third kappa shape index (κ3) is 4.68. The third-order valence-electron chi connectivity index (χ3n) is 4.55. The summed E-state index contributed by atoms with van der Waals surface area (Å²) in [5.41, 5.74) is 1.30. The Morgan fingerprint density at radius 2 is 2.05 bits per heavy atom. The van der Waals surface area contributed by atoms with Crippen molar-refractivity contribution in [2.75, 3.05) is 32.1 Å². The normalized spacial score (nSPS) is 19.8. The van der Waals surface area contributed by atoms with E-state index in [1.165, 1.54) is 31.4 Å². The predicted octanol–water partition coefficient (Wildman–Crippen LogP) is 2.50. The fraction of sp³-hybridized carbons (Fsp3) is 0.706. The molecule has 1 aliphatic heterocycles. The van der Waals surface area contributed by atoms with E-state index >= 15 is 0 Å². The molecule has 0 spiro atoms. The van der Waals surface area contributed by atoms with E-state index in [0.29, 0.717) is 12.1 Å². The van der Waals surface area contributed by atoms with Crippen LogP contribution >= 0.6 is 0 Å². The lowest BCUT2D eigenvalue weighted by Crippen LogP contribution is -2.32. The molecule has 0 radical (unpaired) electrons. The second-order valence-corrected chi connectivity index (χ2v) is 6.48. The highest BCUT2D eigenvalue weighted by Gasteiger charge is 2.17. The van der Waals surface area contributed by atoms with E-state index < -0.39 is 0 Å². The topological polar surface area (TPSA) is 31.4 Å². The third-order valence-corrected chi connectivity index (χ3v) is 4.55. The molecule has 1 atom stereocenters. The molecule has 1 aromatic rings. The van der Waals surface area contributed by atoms with Crippen LogP contribution < -0.4 is 10.2 Å². The molecule has 1 aliphatic rings. The molecular formula is C17H30N4. The average Bonchev–Trinajstić information content (AvgIpc) is 2.76. The molecular weight excluding hydrogens is 260 g/mol. The minimum absolute atomic E-state index is 0.476. The fourth-order valence-corrected chi connectivity index (χ4v) is 2.84. The average molecular weight is 290 g/mol. The molecule has 21 heavy (non-hydrogen) atoms. The number of pyridine rings is 1. The van der Waals surface area contributed by atoms with Crippen molar-refractivity contribution in [3.05, 3.63) is 23.9 Å². The van der Waals surface area contributed by atoms with Crippen molar-refractivity contribution in [3.63, 3.8) is 0 Å². The molecule has 1 fully saturated rings. The molecule has 2 rings (SSSR count). The lowest BCUT2D eigenvalue weighted by molar-refractivity contribution is 0.216. The highest BCUT2D eigenvalue weighted by molar-refractivity contribution is 5.39. The summed E-state index contributed by atoms with van der Waals surface area (Å²) in [6, 6.07) is 5.52. The number of aromatic nitrogens is 1. The lowest BCUT2D eigenvalue weighted by Gasteiger charge is -2.27. The number of nitrogens with zero attached hydrogens (tertiary/aromatic N) is 3. The Labute approximate surface area is 129 Å². The van der Waals surface area contributed by atoms with E-state index in [9.17, 15) is 0 Å². The molecule has 0 saturated carbocycles. The minimum Gasteiger partial charge on any atom is -0.357 e. The maximum Gasteiger partial charge on any atom is 0.128 e. The second kappa shape index (κ2) is 7.76. The van der Waals surface area contributed by atoms with Crippen LogP contribution in [0.2, 0.25) is 0 Å². The molecule has 0 aliphatic carbocycles. The first-order valence-electron chi connectivity index (χ1n) is 8.16. The van der Waals surface area contributed by atoms with Gasteiger partial charge in [0, 0.05) is 31.9 Å². The molecule has 4 heteroatoms. The monoisotopic (exact) mass is 290 g/mol. The number of anilines is 1. The van der Waals surface area contributed by atoms with Crippen LogP contribution in [0.4, 0.5) is 5.82 Å². The Kier molecular flexibility index (Phi) is 6.00. The van der Waals surface area contributed by atoms with Gasteiger partial charge in [-0.15, -0.1) is 0 Å². The van der Waals surface area contributed by atoms with Crippen molar-refractivity contribution in [2.24, 2.45) is 0 Å². The van der Waals surface area contributed by atoms with E-state index in [4.69, 9.17) is 0 Å². The molecule has 2 heterocycles. The smallest absolute Gasteiger partial charge is 0.128 e. The summed E-state index contributed by atoms with van der Waals surface area (Å²) in [6.07, 6.45) is 5.86. The summed E-state index contributed by atoms with van der Waals surface area (Å²) in [5, 5.41) is 3.48. The van der Waals surface area contributed by atoms with Crippen LogP contribution in [-0.2, 0) is 6.54 Å². The summed E-state index contributed by atoms with van der Waals surface area (Å²) in [4.78, 5) is 9.28. The quantitative estimate of drug-likeness (QED) is 0.903. The van der Waals surface area contributed by atoms with E-state index in [-0.39, 0.29) is 0 Å². The van der Waals surface area contributed by atoms with Gasteiger partial charge in [0.25, 0.3) is 0 Å².